The lowest BCUT2D eigenvalue weighted by Gasteiger charge is -2.12. The van der Waals surface area contributed by atoms with E-state index in [9.17, 15) is 13.2 Å². The highest BCUT2D eigenvalue weighted by Crippen LogP contribution is 2.23. The molecule has 3 aromatic rings. The van der Waals surface area contributed by atoms with Gasteiger partial charge in [0, 0.05) is 5.39 Å². The molecule has 0 aliphatic rings. The molecule has 1 amide bonds. The number of furan rings is 1. The number of hydrogen-bond acceptors (Lipinski definition) is 5. The number of carbonyl (C=O) groups excluding carboxylic acids is 1. The molecule has 7 nitrogen and oxygen atoms in total. The second kappa shape index (κ2) is 7.61. The van der Waals surface area contributed by atoms with Gasteiger partial charge in [-0.25, -0.2) is 13.1 Å². The molecule has 27 heavy (non-hydrogen) atoms. The van der Waals surface area contributed by atoms with Gasteiger partial charge in [-0.3, -0.25) is 4.79 Å². The van der Waals surface area contributed by atoms with Crippen LogP contribution >= 0.6 is 0 Å². The first kappa shape index (κ1) is 18.6. The third-order valence-electron chi connectivity index (χ3n) is 3.97. The summed E-state index contributed by atoms with van der Waals surface area (Å²) >= 11 is 0. The number of carbonyl (C=O) groups is 1. The first-order valence-electron chi connectivity index (χ1n) is 8.17. The fourth-order valence-electron chi connectivity index (χ4n) is 2.61. The van der Waals surface area contributed by atoms with E-state index in [0.29, 0.717) is 11.3 Å². The molecule has 0 saturated carbocycles. The quantitative estimate of drug-likeness (QED) is 0.679. The van der Waals surface area contributed by atoms with Crippen molar-refractivity contribution in [3.05, 3.63) is 65.9 Å². The maximum atomic E-state index is 12.3. The van der Waals surface area contributed by atoms with Crippen molar-refractivity contribution < 1.29 is 17.6 Å². The Morgan fingerprint density at radius 1 is 1.19 bits per heavy atom. The maximum Gasteiger partial charge on any atom is 0.242 e. The Hall–Kier alpha value is -3.15. The van der Waals surface area contributed by atoms with Crippen LogP contribution in [-0.4, -0.2) is 20.9 Å². The van der Waals surface area contributed by atoms with Crippen molar-refractivity contribution in [3.63, 3.8) is 0 Å². The van der Waals surface area contributed by atoms with Gasteiger partial charge in [0.2, 0.25) is 15.9 Å². The number of rotatable bonds is 6. The van der Waals surface area contributed by atoms with Crippen LogP contribution in [0.3, 0.4) is 0 Å². The van der Waals surface area contributed by atoms with Crippen molar-refractivity contribution in [1.29, 1.82) is 5.26 Å². The fourth-order valence-corrected chi connectivity index (χ4v) is 3.75. The van der Waals surface area contributed by atoms with E-state index in [1.807, 2.05) is 36.4 Å². The standard InChI is InChI=1S/C19H17N3O4S/c1-13(17-10-14-6-2-4-8-16(14)26-17)22-19(23)12-21-27(24,25)18-9-5-3-7-15(18)11-20/h2-10,13,21H,12H2,1H3,(H,22,23)/t13-/m0/s1. The zero-order valence-corrected chi connectivity index (χ0v) is 15.3. The lowest BCUT2D eigenvalue weighted by Crippen LogP contribution is -2.38. The van der Waals surface area contributed by atoms with Crippen molar-refractivity contribution in [2.75, 3.05) is 6.54 Å². The average molecular weight is 383 g/mol. The molecule has 0 spiro atoms. The van der Waals surface area contributed by atoms with Gasteiger partial charge in [-0.2, -0.15) is 5.26 Å². The van der Waals surface area contributed by atoms with E-state index in [2.05, 4.69) is 10.0 Å². The molecule has 1 atom stereocenters. The van der Waals surface area contributed by atoms with Crippen LogP contribution in [0.4, 0.5) is 0 Å². The summed E-state index contributed by atoms with van der Waals surface area (Å²) in [6.45, 7) is 1.29. The molecular formula is C19H17N3O4S. The summed E-state index contributed by atoms with van der Waals surface area (Å²) in [5, 5.41) is 12.6. The zero-order chi connectivity index (χ0) is 19.4. The van der Waals surface area contributed by atoms with E-state index in [-0.39, 0.29) is 10.5 Å². The molecule has 1 aromatic heterocycles. The minimum Gasteiger partial charge on any atom is -0.459 e. The molecular weight excluding hydrogens is 366 g/mol. The molecule has 8 heteroatoms. The molecule has 0 unspecified atom stereocenters. The van der Waals surface area contributed by atoms with Crippen molar-refractivity contribution in [2.45, 2.75) is 17.9 Å². The summed E-state index contributed by atoms with van der Waals surface area (Å²) in [5.41, 5.74) is 0.725. The van der Waals surface area contributed by atoms with Gasteiger partial charge >= 0.3 is 0 Å². The minimum atomic E-state index is -3.98. The maximum absolute atomic E-state index is 12.3. The Balaban J connectivity index is 1.64. The molecule has 0 aliphatic heterocycles. The topological polar surface area (TPSA) is 112 Å². The number of nitriles is 1. The number of fused-ring (bicyclic) bond motifs is 1. The average Bonchev–Trinajstić information content (AvgIpc) is 3.11. The Morgan fingerprint density at radius 3 is 2.63 bits per heavy atom. The fraction of sp³-hybridized carbons (Fsp3) is 0.158. The van der Waals surface area contributed by atoms with E-state index in [4.69, 9.17) is 9.68 Å². The molecule has 0 aliphatic carbocycles. The number of nitrogens with one attached hydrogen (secondary N) is 2. The summed E-state index contributed by atoms with van der Waals surface area (Å²) in [6.07, 6.45) is 0. The van der Waals surface area contributed by atoms with E-state index in [1.165, 1.54) is 18.2 Å². The SMILES string of the molecule is C[C@H](NC(=O)CNS(=O)(=O)c1ccccc1C#N)c1cc2ccccc2o1. The van der Waals surface area contributed by atoms with Crippen LogP contribution in [0.2, 0.25) is 0 Å². The van der Waals surface area contributed by atoms with Gasteiger partial charge in [0.15, 0.2) is 0 Å². The number of sulfonamides is 1. The number of hydrogen-bond donors (Lipinski definition) is 2. The molecule has 138 valence electrons. The molecule has 2 N–H and O–H groups in total. The van der Waals surface area contributed by atoms with Crippen LogP contribution in [0.15, 0.2) is 63.9 Å². The van der Waals surface area contributed by atoms with Gasteiger partial charge in [0.05, 0.1) is 23.0 Å². The van der Waals surface area contributed by atoms with Gasteiger partial charge in [-0.05, 0) is 31.2 Å². The van der Waals surface area contributed by atoms with Crippen molar-refractivity contribution in [3.8, 4) is 6.07 Å². The first-order valence-corrected chi connectivity index (χ1v) is 9.65. The Bertz CT molecular complexity index is 1100. The Kier molecular flexibility index (Phi) is 5.26. The highest BCUT2D eigenvalue weighted by Gasteiger charge is 2.20. The second-order valence-electron chi connectivity index (χ2n) is 5.91. The molecule has 0 saturated heterocycles. The molecule has 3 rings (SSSR count). The summed E-state index contributed by atoms with van der Waals surface area (Å²) in [7, 11) is -3.98. The highest BCUT2D eigenvalue weighted by molar-refractivity contribution is 7.89. The summed E-state index contributed by atoms with van der Waals surface area (Å²) in [4.78, 5) is 12.0. The van der Waals surface area contributed by atoms with Gasteiger partial charge in [-0.15, -0.1) is 0 Å². The minimum absolute atomic E-state index is 0.0149. The van der Waals surface area contributed by atoms with E-state index < -0.39 is 28.5 Å². The zero-order valence-electron chi connectivity index (χ0n) is 14.5. The molecule has 2 aromatic carbocycles. The molecule has 0 fully saturated rings. The summed E-state index contributed by atoms with van der Waals surface area (Å²) in [6, 6.07) is 16.5. The van der Waals surface area contributed by atoms with E-state index in [1.54, 1.807) is 13.0 Å². The smallest absolute Gasteiger partial charge is 0.242 e. The van der Waals surface area contributed by atoms with Crippen LogP contribution in [0.25, 0.3) is 11.0 Å². The molecule has 0 radical (unpaired) electrons. The van der Waals surface area contributed by atoms with Crippen LogP contribution in [0, 0.1) is 11.3 Å². The number of amides is 1. The molecule has 0 bridgehead atoms. The predicted octanol–water partition coefficient (Wildman–Crippen LogP) is 2.46. The predicted molar refractivity (Wildman–Crippen MR) is 99.1 cm³/mol. The third-order valence-corrected chi connectivity index (χ3v) is 5.43. The van der Waals surface area contributed by atoms with Crippen molar-refractivity contribution >= 4 is 26.9 Å². The second-order valence-corrected chi connectivity index (χ2v) is 7.64. The van der Waals surface area contributed by atoms with Crippen molar-refractivity contribution in [2.24, 2.45) is 0 Å². The van der Waals surface area contributed by atoms with Gasteiger partial charge < -0.3 is 9.73 Å². The van der Waals surface area contributed by atoms with Crippen LogP contribution in [0.1, 0.15) is 24.3 Å². The lowest BCUT2D eigenvalue weighted by molar-refractivity contribution is -0.120. The lowest BCUT2D eigenvalue weighted by atomic mass is 10.2. The largest absolute Gasteiger partial charge is 0.459 e. The number of para-hydroxylation sites is 1. The number of nitrogens with zero attached hydrogens (tertiary/aromatic N) is 1. The van der Waals surface area contributed by atoms with E-state index in [0.717, 1.165) is 5.39 Å². The Labute approximate surface area is 156 Å². The van der Waals surface area contributed by atoms with Gasteiger partial charge in [-0.1, -0.05) is 30.3 Å². The van der Waals surface area contributed by atoms with Crippen LogP contribution in [-0.2, 0) is 14.8 Å². The van der Waals surface area contributed by atoms with Gasteiger partial charge in [0.25, 0.3) is 0 Å². The normalized spacial score (nSPS) is 12.4. The monoisotopic (exact) mass is 383 g/mol. The van der Waals surface area contributed by atoms with Gasteiger partial charge in [0.1, 0.15) is 17.4 Å². The third kappa shape index (κ3) is 4.16. The molecule has 1 heterocycles. The Morgan fingerprint density at radius 2 is 1.89 bits per heavy atom. The van der Waals surface area contributed by atoms with E-state index >= 15 is 0 Å². The first-order chi connectivity index (χ1) is 12.9. The van der Waals surface area contributed by atoms with Crippen LogP contribution < -0.4 is 10.0 Å². The highest BCUT2D eigenvalue weighted by atomic mass is 32.2. The van der Waals surface area contributed by atoms with Crippen LogP contribution in [0.5, 0.6) is 0 Å². The van der Waals surface area contributed by atoms with Crippen molar-refractivity contribution in [1.82, 2.24) is 10.0 Å². The number of benzene rings is 2. The summed E-state index contributed by atoms with van der Waals surface area (Å²) < 4.78 is 32.6. The summed E-state index contributed by atoms with van der Waals surface area (Å²) in [5.74, 6) is 0.0585.